The Labute approximate surface area is 228 Å². The molecule has 2 rings (SSSR count). The van der Waals surface area contributed by atoms with Crippen LogP contribution in [-0.2, 0) is 28.6 Å². The van der Waals surface area contributed by atoms with Crippen LogP contribution in [0.25, 0.3) is 0 Å². The molecule has 1 fully saturated rings. The number of esters is 1. The highest BCUT2D eigenvalue weighted by atomic mass is 32.2. The minimum Gasteiger partial charge on any atom is -0.463 e. The number of aldehydes is 1. The number of amides is 1. The van der Waals surface area contributed by atoms with Gasteiger partial charge in [0, 0.05) is 6.42 Å². The van der Waals surface area contributed by atoms with Crippen LogP contribution < -0.4 is 5.32 Å². The Morgan fingerprint density at radius 2 is 1.76 bits per heavy atom. The van der Waals surface area contributed by atoms with Crippen LogP contribution in [0.15, 0.2) is 0 Å². The smallest absolute Gasteiger partial charge is 0.342 e. The molecule has 1 aromatic rings. The van der Waals surface area contributed by atoms with E-state index in [-0.39, 0.29) is 66.3 Å². The van der Waals surface area contributed by atoms with Crippen LogP contribution in [0.5, 0.6) is 0 Å². The lowest BCUT2D eigenvalue weighted by atomic mass is 9.75. The number of anilines is 1. The van der Waals surface area contributed by atoms with E-state index >= 15 is 0 Å². The van der Waals surface area contributed by atoms with E-state index in [1.54, 1.807) is 0 Å². The van der Waals surface area contributed by atoms with Gasteiger partial charge in [0.15, 0.2) is 11.7 Å². The number of H-pyrrole nitrogens is 1. The number of carbonyl (C=O) groups is 5. The largest absolute Gasteiger partial charge is 0.463 e. The van der Waals surface area contributed by atoms with Gasteiger partial charge in [-0.15, -0.1) is 11.8 Å². The van der Waals surface area contributed by atoms with Gasteiger partial charge in [-0.3, -0.25) is 19.2 Å². The fourth-order valence-electron chi connectivity index (χ4n) is 5.25. The second-order valence-corrected chi connectivity index (χ2v) is 11.6. The third kappa shape index (κ3) is 8.89. The summed E-state index contributed by atoms with van der Waals surface area (Å²) < 4.78 is 15.5. The van der Waals surface area contributed by atoms with Crippen molar-refractivity contribution in [3.05, 3.63) is 16.8 Å². The Bertz CT molecular complexity index is 951. The summed E-state index contributed by atoms with van der Waals surface area (Å²) in [5, 5.41) is 2.77. The van der Waals surface area contributed by atoms with Crippen molar-refractivity contribution in [3.63, 3.8) is 0 Å². The summed E-state index contributed by atoms with van der Waals surface area (Å²) in [6, 6.07) is 0. The number of aromatic nitrogens is 1. The minimum absolute atomic E-state index is 0.0478. The van der Waals surface area contributed by atoms with E-state index in [0.717, 1.165) is 12.8 Å². The molecule has 1 amide bonds. The van der Waals surface area contributed by atoms with Crippen molar-refractivity contribution in [1.29, 1.82) is 0 Å². The van der Waals surface area contributed by atoms with Gasteiger partial charge in [0.25, 0.3) is 12.9 Å². The summed E-state index contributed by atoms with van der Waals surface area (Å²) in [6.07, 6.45) is 3.72. The van der Waals surface area contributed by atoms with Gasteiger partial charge in [-0.2, -0.15) is 0 Å². The maximum Gasteiger partial charge on any atom is 0.342 e. The average molecular weight is 553 g/mol. The maximum absolute atomic E-state index is 13.5. The van der Waals surface area contributed by atoms with E-state index in [1.165, 1.54) is 11.8 Å². The molecule has 1 aliphatic carbocycles. The number of aromatic amines is 1. The van der Waals surface area contributed by atoms with Gasteiger partial charge in [-0.1, -0.05) is 34.6 Å². The number of carbonyl (C=O) groups excluding carboxylic acids is 5. The van der Waals surface area contributed by atoms with Crippen LogP contribution >= 0.6 is 11.8 Å². The van der Waals surface area contributed by atoms with Crippen molar-refractivity contribution in [2.45, 2.75) is 84.2 Å². The molecule has 38 heavy (non-hydrogen) atoms. The van der Waals surface area contributed by atoms with E-state index in [0.29, 0.717) is 42.8 Å². The zero-order valence-electron chi connectivity index (χ0n) is 22.8. The summed E-state index contributed by atoms with van der Waals surface area (Å²) in [6.45, 7) is 10.7. The molecular formula is C27H40N2O8S. The lowest BCUT2D eigenvalue weighted by molar-refractivity contribution is -0.137. The molecule has 0 spiro atoms. The Kier molecular flexibility index (Phi) is 12.9. The second kappa shape index (κ2) is 15.6. The lowest BCUT2D eigenvalue weighted by Gasteiger charge is -2.37. The van der Waals surface area contributed by atoms with E-state index in [4.69, 9.17) is 9.47 Å². The fraction of sp³-hybridized carbons (Fsp3) is 0.667. The van der Waals surface area contributed by atoms with E-state index in [2.05, 4.69) is 35.8 Å². The topological polar surface area (TPSA) is 141 Å². The first-order valence-electron chi connectivity index (χ1n) is 13.1. The molecule has 0 aromatic carbocycles. The minimum atomic E-state index is -0.604. The van der Waals surface area contributed by atoms with Crippen LogP contribution in [-0.4, -0.2) is 60.0 Å². The molecule has 212 valence electrons. The summed E-state index contributed by atoms with van der Waals surface area (Å²) >= 11 is 1.30. The quantitative estimate of drug-likeness (QED) is 0.0982. The number of unbranched alkanes of at least 4 members (excludes halogenated alkanes) is 1. The van der Waals surface area contributed by atoms with E-state index in [1.807, 2.05) is 13.8 Å². The van der Waals surface area contributed by atoms with Gasteiger partial charge in [-0.05, 0) is 60.7 Å². The number of rotatable bonds is 16. The molecule has 1 heterocycles. The Morgan fingerprint density at radius 1 is 1.08 bits per heavy atom. The SMILES string of the molecule is CC1CC(C)C(OC(=O)c2c(NC(=O)CCCCSC(COC=O)OC=O)[nH]c(C=O)c2C(C)C)C(C)C1. The maximum atomic E-state index is 13.5. The molecule has 11 heteroatoms. The van der Waals surface area contributed by atoms with Crippen molar-refractivity contribution in [2.75, 3.05) is 17.7 Å². The first-order chi connectivity index (χ1) is 18.1. The molecule has 1 saturated carbocycles. The van der Waals surface area contributed by atoms with Crippen molar-refractivity contribution < 1.29 is 38.2 Å². The third-order valence-electron chi connectivity index (χ3n) is 6.76. The molecule has 2 N–H and O–H groups in total. The first-order valence-corrected chi connectivity index (χ1v) is 14.1. The highest BCUT2D eigenvalue weighted by Gasteiger charge is 2.36. The lowest BCUT2D eigenvalue weighted by Crippen LogP contribution is -2.37. The van der Waals surface area contributed by atoms with Crippen LogP contribution in [0, 0.1) is 17.8 Å². The number of ether oxygens (including phenoxy) is 3. The van der Waals surface area contributed by atoms with Crippen molar-refractivity contribution >= 4 is 48.7 Å². The van der Waals surface area contributed by atoms with Gasteiger partial charge in [-0.25, -0.2) is 4.79 Å². The summed E-state index contributed by atoms with van der Waals surface area (Å²) in [5.41, 5.74) is 0.372. The Hall–Kier alpha value is -2.82. The van der Waals surface area contributed by atoms with E-state index < -0.39 is 11.4 Å². The van der Waals surface area contributed by atoms with Gasteiger partial charge in [0.2, 0.25) is 5.91 Å². The van der Waals surface area contributed by atoms with Crippen molar-refractivity contribution in [1.82, 2.24) is 4.98 Å². The Balaban J connectivity index is 2.05. The van der Waals surface area contributed by atoms with Gasteiger partial charge >= 0.3 is 5.97 Å². The molecule has 3 atom stereocenters. The highest BCUT2D eigenvalue weighted by molar-refractivity contribution is 7.99. The fourth-order valence-corrected chi connectivity index (χ4v) is 6.18. The average Bonchev–Trinajstić information content (AvgIpc) is 3.22. The molecular weight excluding hydrogens is 512 g/mol. The summed E-state index contributed by atoms with van der Waals surface area (Å²) in [4.78, 5) is 61.8. The molecule has 0 aliphatic heterocycles. The highest BCUT2D eigenvalue weighted by Crippen LogP contribution is 2.37. The van der Waals surface area contributed by atoms with Gasteiger partial charge in [0.05, 0.1) is 5.69 Å². The van der Waals surface area contributed by atoms with Crippen LogP contribution in [0.4, 0.5) is 5.82 Å². The normalized spacial score (nSPS) is 21.8. The van der Waals surface area contributed by atoms with Crippen LogP contribution in [0.2, 0.25) is 0 Å². The predicted molar refractivity (Wildman–Crippen MR) is 144 cm³/mol. The summed E-state index contributed by atoms with van der Waals surface area (Å²) in [7, 11) is 0. The number of thioether (sulfide) groups is 1. The molecule has 0 saturated heterocycles. The van der Waals surface area contributed by atoms with Crippen molar-refractivity contribution in [2.24, 2.45) is 17.8 Å². The van der Waals surface area contributed by atoms with Crippen LogP contribution in [0.1, 0.15) is 99.1 Å². The van der Waals surface area contributed by atoms with Crippen LogP contribution in [0.3, 0.4) is 0 Å². The first kappa shape index (κ1) is 31.4. The number of nitrogens with one attached hydrogen (secondary N) is 2. The predicted octanol–water partition coefficient (Wildman–Crippen LogP) is 4.69. The standard InChI is InChI=1S/C27H40N2O8S/c1-16(2)23-20(12-30)28-26(24(23)27(34)37-25-18(4)10-17(3)11-19(25)5)29-21(33)8-6-7-9-38-22(36-15-32)13-35-14-31/h12,14-19,22,25,28H,6-11,13H2,1-5H3,(H,29,33). The molecule has 0 radical (unpaired) electrons. The van der Waals surface area contributed by atoms with Gasteiger partial charge < -0.3 is 24.5 Å². The zero-order valence-corrected chi connectivity index (χ0v) is 23.6. The zero-order chi connectivity index (χ0) is 28.2. The third-order valence-corrected chi connectivity index (χ3v) is 7.90. The Morgan fingerprint density at radius 3 is 2.34 bits per heavy atom. The van der Waals surface area contributed by atoms with Gasteiger partial charge in [0.1, 0.15) is 24.1 Å². The van der Waals surface area contributed by atoms with Crippen molar-refractivity contribution in [3.8, 4) is 0 Å². The molecule has 1 aromatic heterocycles. The second-order valence-electron chi connectivity index (χ2n) is 10.3. The molecule has 3 unspecified atom stereocenters. The monoisotopic (exact) mass is 552 g/mol. The molecule has 10 nitrogen and oxygen atoms in total. The molecule has 1 aliphatic rings. The number of hydrogen-bond acceptors (Lipinski definition) is 9. The number of hydrogen-bond donors (Lipinski definition) is 2. The van der Waals surface area contributed by atoms with E-state index in [9.17, 15) is 24.0 Å². The molecule has 0 bridgehead atoms. The summed E-state index contributed by atoms with van der Waals surface area (Å²) in [5.74, 6) is 0.744.